The van der Waals surface area contributed by atoms with Crippen molar-refractivity contribution in [3.63, 3.8) is 0 Å². The van der Waals surface area contributed by atoms with E-state index in [1.807, 2.05) is 0 Å². The number of carbonyl (C=O) groups excluding carboxylic acids is 2. The van der Waals surface area contributed by atoms with E-state index in [0.717, 1.165) is 18.4 Å². The zero-order chi connectivity index (χ0) is 19.9. The third-order valence-corrected chi connectivity index (χ3v) is 4.81. The third-order valence-electron chi connectivity index (χ3n) is 4.81. The summed E-state index contributed by atoms with van der Waals surface area (Å²) < 4.78 is 18.9. The van der Waals surface area contributed by atoms with Gasteiger partial charge in [-0.05, 0) is 48.6 Å². The number of hydrogen-bond acceptors (Lipinski definition) is 4. The standard InChI is InChI=1S/C21H24FN3O3.ClH/c22-17-3-1-2-4-18(17)25-19(26)13-14-5-7-16(8-6-14)24-21(27)20(23)15-9-11-28-12-10-15;/h1-8,15,20H,9-13,23H2,(H,24,27)(H,25,26);1H. The van der Waals surface area contributed by atoms with E-state index in [2.05, 4.69) is 10.6 Å². The first kappa shape index (κ1) is 22.8. The fraction of sp³-hybridized carbons (Fsp3) is 0.333. The monoisotopic (exact) mass is 421 g/mol. The predicted octanol–water partition coefficient (Wildman–Crippen LogP) is 3.12. The van der Waals surface area contributed by atoms with E-state index < -0.39 is 11.9 Å². The van der Waals surface area contributed by atoms with Gasteiger partial charge >= 0.3 is 0 Å². The Hall–Kier alpha value is -2.48. The number of halogens is 2. The Bertz CT molecular complexity index is 826. The number of amides is 2. The zero-order valence-corrected chi connectivity index (χ0v) is 16.7. The summed E-state index contributed by atoms with van der Waals surface area (Å²) in [5.41, 5.74) is 7.59. The van der Waals surface area contributed by atoms with Gasteiger partial charge in [0.2, 0.25) is 11.8 Å². The molecule has 1 atom stereocenters. The molecule has 2 aromatic carbocycles. The van der Waals surface area contributed by atoms with E-state index in [-0.39, 0.29) is 42.2 Å². The smallest absolute Gasteiger partial charge is 0.241 e. The molecular formula is C21H25ClFN3O3. The molecular weight excluding hydrogens is 397 g/mol. The van der Waals surface area contributed by atoms with Crippen molar-refractivity contribution in [1.82, 2.24) is 0 Å². The summed E-state index contributed by atoms with van der Waals surface area (Å²) in [6.45, 7) is 1.27. The molecule has 1 saturated heterocycles. The van der Waals surface area contributed by atoms with Crippen LogP contribution in [-0.2, 0) is 20.7 Å². The number of hydrogen-bond donors (Lipinski definition) is 3. The first-order valence-corrected chi connectivity index (χ1v) is 9.30. The summed E-state index contributed by atoms with van der Waals surface area (Å²) in [6.07, 6.45) is 1.67. The summed E-state index contributed by atoms with van der Waals surface area (Å²) >= 11 is 0. The highest BCUT2D eigenvalue weighted by Crippen LogP contribution is 2.19. The van der Waals surface area contributed by atoms with Gasteiger partial charge in [0.25, 0.3) is 0 Å². The van der Waals surface area contributed by atoms with Crippen LogP contribution in [-0.4, -0.2) is 31.1 Å². The molecule has 6 nitrogen and oxygen atoms in total. The van der Waals surface area contributed by atoms with Gasteiger partial charge in [-0.1, -0.05) is 24.3 Å². The molecule has 0 spiro atoms. The van der Waals surface area contributed by atoms with Gasteiger partial charge in [-0.2, -0.15) is 0 Å². The molecule has 3 rings (SSSR count). The van der Waals surface area contributed by atoms with Crippen molar-refractivity contribution in [2.24, 2.45) is 11.7 Å². The van der Waals surface area contributed by atoms with E-state index in [4.69, 9.17) is 10.5 Å². The number of benzene rings is 2. The minimum atomic E-state index is -0.574. The normalized spacial score (nSPS) is 15.1. The van der Waals surface area contributed by atoms with Gasteiger partial charge in [0.15, 0.2) is 0 Å². The van der Waals surface area contributed by atoms with Crippen LogP contribution in [0.5, 0.6) is 0 Å². The fourth-order valence-electron chi connectivity index (χ4n) is 3.16. The number of para-hydroxylation sites is 1. The lowest BCUT2D eigenvalue weighted by Gasteiger charge is -2.26. The highest BCUT2D eigenvalue weighted by Gasteiger charge is 2.26. The largest absolute Gasteiger partial charge is 0.381 e. The lowest BCUT2D eigenvalue weighted by atomic mass is 9.92. The molecule has 2 aromatic rings. The molecule has 1 heterocycles. The van der Waals surface area contributed by atoms with Gasteiger partial charge in [0, 0.05) is 18.9 Å². The van der Waals surface area contributed by atoms with Crippen LogP contribution in [0.25, 0.3) is 0 Å². The fourth-order valence-corrected chi connectivity index (χ4v) is 3.16. The van der Waals surface area contributed by atoms with Crippen LogP contribution < -0.4 is 16.4 Å². The first-order chi connectivity index (χ1) is 13.5. The van der Waals surface area contributed by atoms with Gasteiger partial charge in [-0.25, -0.2) is 4.39 Å². The van der Waals surface area contributed by atoms with Gasteiger partial charge in [-0.15, -0.1) is 12.4 Å². The summed E-state index contributed by atoms with van der Waals surface area (Å²) in [5, 5.41) is 5.36. The maximum Gasteiger partial charge on any atom is 0.241 e. The van der Waals surface area contributed by atoms with Crippen LogP contribution in [0, 0.1) is 11.7 Å². The van der Waals surface area contributed by atoms with Crippen molar-refractivity contribution < 1.29 is 18.7 Å². The first-order valence-electron chi connectivity index (χ1n) is 9.30. The van der Waals surface area contributed by atoms with Gasteiger partial charge in [0.05, 0.1) is 18.2 Å². The Morgan fingerprint density at radius 2 is 1.72 bits per heavy atom. The molecule has 1 aliphatic heterocycles. The SMILES string of the molecule is Cl.NC(C(=O)Nc1ccc(CC(=O)Nc2ccccc2F)cc1)C1CCOCC1. The molecule has 1 aliphatic rings. The molecule has 2 amide bonds. The van der Waals surface area contributed by atoms with Crippen molar-refractivity contribution in [3.05, 3.63) is 59.9 Å². The van der Waals surface area contributed by atoms with Gasteiger partial charge < -0.3 is 21.1 Å². The molecule has 1 fully saturated rings. The van der Waals surface area contributed by atoms with Crippen LogP contribution in [0.2, 0.25) is 0 Å². The lowest BCUT2D eigenvalue weighted by Crippen LogP contribution is -2.43. The highest BCUT2D eigenvalue weighted by atomic mass is 35.5. The number of nitrogens with one attached hydrogen (secondary N) is 2. The Balaban J connectivity index is 0.00000300. The van der Waals surface area contributed by atoms with Gasteiger partial charge in [0.1, 0.15) is 5.82 Å². The average Bonchev–Trinajstić information content (AvgIpc) is 2.71. The van der Waals surface area contributed by atoms with Crippen LogP contribution in [0.15, 0.2) is 48.5 Å². The van der Waals surface area contributed by atoms with E-state index >= 15 is 0 Å². The Morgan fingerprint density at radius 3 is 2.38 bits per heavy atom. The number of nitrogens with two attached hydrogens (primary N) is 1. The van der Waals surface area contributed by atoms with Crippen molar-refractivity contribution in [1.29, 1.82) is 0 Å². The molecule has 0 aromatic heterocycles. The number of carbonyl (C=O) groups is 2. The highest BCUT2D eigenvalue weighted by molar-refractivity contribution is 5.95. The molecule has 0 bridgehead atoms. The van der Waals surface area contributed by atoms with Crippen LogP contribution in [0.4, 0.5) is 15.8 Å². The van der Waals surface area contributed by atoms with Crippen molar-refractivity contribution in [2.75, 3.05) is 23.8 Å². The molecule has 8 heteroatoms. The molecule has 1 unspecified atom stereocenters. The Kier molecular flexibility index (Phi) is 8.57. The summed E-state index contributed by atoms with van der Waals surface area (Å²) in [4.78, 5) is 24.4. The second-order valence-corrected chi connectivity index (χ2v) is 6.87. The number of anilines is 2. The van der Waals surface area contributed by atoms with E-state index in [1.54, 1.807) is 36.4 Å². The minimum absolute atomic E-state index is 0. The summed E-state index contributed by atoms with van der Waals surface area (Å²) in [6, 6.07) is 12.4. The summed E-state index contributed by atoms with van der Waals surface area (Å²) in [5.74, 6) is -0.898. The van der Waals surface area contributed by atoms with E-state index in [0.29, 0.717) is 18.9 Å². The van der Waals surface area contributed by atoms with Crippen molar-refractivity contribution in [2.45, 2.75) is 25.3 Å². The maximum atomic E-state index is 13.6. The van der Waals surface area contributed by atoms with E-state index in [1.165, 1.54) is 12.1 Å². The molecule has 0 aliphatic carbocycles. The average molecular weight is 422 g/mol. The molecule has 0 saturated carbocycles. The van der Waals surface area contributed by atoms with Crippen molar-refractivity contribution in [3.8, 4) is 0 Å². The molecule has 0 radical (unpaired) electrons. The number of ether oxygens (including phenoxy) is 1. The third kappa shape index (κ3) is 6.52. The topological polar surface area (TPSA) is 93.5 Å². The molecule has 29 heavy (non-hydrogen) atoms. The Morgan fingerprint density at radius 1 is 1.07 bits per heavy atom. The van der Waals surface area contributed by atoms with Crippen LogP contribution >= 0.6 is 12.4 Å². The number of rotatable bonds is 6. The lowest BCUT2D eigenvalue weighted by molar-refractivity contribution is -0.119. The summed E-state index contributed by atoms with van der Waals surface area (Å²) in [7, 11) is 0. The van der Waals surface area contributed by atoms with Crippen LogP contribution in [0.1, 0.15) is 18.4 Å². The maximum absolute atomic E-state index is 13.6. The van der Waals surface area contributed by atoms with Crippen LogP contribution in [0.3, 0.4) is 0 Å². The second-order valence-electron chi connectivity index (χ2n) is 6.87. The van der Waals surface area contributed by atoms with E-state index in [9.17, 15) is 14.0 Å². The predicted molar refractivity (Wildman–Crippen MR) is 113 cm³/mol. The second kappa shape index (κ2) is 10.9. The minimum Gasteiger partial charge on any atom is -0.381 e. The van der Waals surface area contributed by atoms with Crippen molar-refractivity contribution >= 4 is 35.6 Å². The molecule has 4 N–H and O–H groups in total. The molecule has 156 valence electrons. The van der Waals surface area contributed by atoms with Gasteiger partial charge in [-0.3, -0.25) is 9.59 Å². The Labute approximate surface area is 175 Å². The zero-order valence-electron chi connectivity index (χ0n) is 15.9. The quantitative estimate of drug-likeness (QED) is 0.668.